The van der Waals surface area contributed by atoms with Crippen molar-refractivity contribution in [1.82, 2.24) is 5.32 Å². The Morgan fingerprint density at radius 3 is 2.43 bits per heavy atom. The summed E-state index contributed by atoms with van der Waals surface area (Å²) >= 11 is 0. The first kappa shape index (κ1) is 11.5. The Hall–Kier alpha value is -0.570. The van der Waals surface area contributed by atoms with Gasteiger partial charge in [-0.25, -0.2) is 0 Å². The molecule has 1 amide bonds. The molecule has 0 aliphatic heterocycles. The molecule has 0 heterocycles. The second kappa shape index (κ2) is 4.30. The van der Waals surface area contributed by atoms with Crippen LogP contribution in [0.5, 0.6) is 0 Å². The molecule has 0 atom stereocenters. The third-order valence-electron chi connectivity index (χ3n) is 2.55. The lowest BCUT2D eigenvalue weighted by Gasteiger charge is -2.32. The summed E-state index contributed by atoms with van der Waals surface area (Å²) in [6, 6.07) is 0.375. The monoisotopic (exact) mass is 198 g/mol. The Morgan fingerprint density at radius 1 is 1.43 bits per heavy atom. The number of nitrogens with two attached hydrogens (primary N) is 1. The third kappa shape index (κ3) is 4.09. The van der Waals surface area contributed by atoms with Crippen LogP contribution in [0.1, 0.15) is 40.0 Å². The van der Waals surface area contributed by atoms with Crippen molar-refractivity contribution in [2.75, 3.05) is 6.54 Å². The molecule has 3 heteroatoms. The molecule has 3 nitrogen and oxygen atoms in total. The number of amides is 1. The Bertz CT molecular complexity index is 202. The van der Waals surface area contributed by atoms with E-state index in [0.29, 0.717) is 18.4 Å². The zero-order valence-electron chi connectivity index (χ0n) is 9.47. The van der Waals surface area contributed by atoms with Gasteiger partial charge in [-0.3, -0.25) is 4.79 Å². The van der Waals surface area contributed by atoms with Gasteiger partial charge in [0, 0.05) is 19.0 Å². The molecule has 1 rings (SSSR count). The topological polar surface area (TPSA) is 55.1 Å². The van der Waals surface area contributed by atoms with Crippen LogP contribution in [0.25, 0.3) is 0 Å². The number of nitrogens with one attached hydrogen (secondary N) is 1. The van der Waals surface area contributed by atoms with Crippen LogP contribution < -0.4 is 11.1 Å². The molecule has 0 radical (unpaired) electrons. The molecular formula is C11H22N2O. The Balaban J connectivity index is 2.10. The van der Waals surface area contributed by atoms with E-state index in [4.69, 9.17) is 5.73 Å². The van der Waals surface area contributed by atoms with Gasteiger partial charge in [0.15, 0.2) is 0 Å². The minimum Gasteiger partial charge on any atom is -0.356 e. The van der Waals surface area contributed by atoms with Crippen LogP contribution in [0.2, 0.25) is 0 Å². The molecule has 0 aromatic heterocycles. The minimum absolute atomic E-state index is 0.0834. The van der Waals surface area contributed by atoms with E-state index in [1.54, 1.807) is 0 Å². The highest BCUT2D eigenvalue weighted by molar-refractivity contribution is 5.76. The fourth-order valence-electron chi connectivity index (χ4n) is 1.76. The molecule has 1 aliphatic carbocycles. The maximum absolute atomic E-state index is 11.4. The molecular weight excluding hydrogens is 176 g/mol. The highest BCUT2D eigenvalue weighted by Crippen LogP contribution is 2.24. The molecule has 1 saturated carbocycles. The van der Waals surface area contributed by atoms with Crippen molar-refractivity contribution in [3.63, 3.8) is 0 Å². The average molecular weight is 198 g/mol. The predicted molar refractivity (Wildman–Crippen MR) is 57.8 cm³/mol. The second-order valence-corrected chi connectivity index (χ2v) is 5.64. The summed E-state index contributed by atoms with van der Waals surface area (Å²) in [6.07, 6.45) is 2.73. The minimum atomic E-state index is 0.0834. The summed E-state index contributed by atoms with van der Waals surface area (Å²) in [7, 11) is 0. The van der Waals surface area contributed by atoms with Gasteiger partial charge in [0.2, 0.25) is 5.91 Å². The van der Waals surface area contributed by atoms with Gasteiger partial charge < -0.3 is 11.1 Å². The number of carbonyl (C=O) groups excluding carboxylic acids is 1. The molecule has 0 aromatic rings. The summed E-state index contributed by atoms with van der Waals surface area (Å²) < 4.78 is 0. The number of carbonyl (C=O) groups is 1. The number of rotatable bonds is 3. The van der Waals surface area contributed by atoms with Gasteiger partial charge in [0.05, 0.1) is 0 Å². The van der Waals surface area contributed by atoms with E-state index in [1.807, 2.05) is 0 Å². The summed E-state index contributed by atoms with van der Waals surface area (Å²) in [5.74, 6) is 0.784. The SMILES string of the molecule is CC(C)(C)CC(=O)NCC1CC(N)C1. The van der Waals surface area contributed by atoms with Crippen molar-refractivity contribution in [2.24, 2.45) is 17.1 Å². The lowest BCUT2D eigenvalue weighted by atomic mass is 9.81. The summed E-state index contributed by atoms with van der Waals surface area (Å²) in [6.45, 7) is 7.03. The molecule has 3 N–H and O–H groups in total. The van der Waals surface area contributed by atoms with Gasteiger partial charge >= 0.3 is 0 Å². The van der Waals surface area contributed by atoms with Crippen LogP contribution in [0.15, 0.2) is 0 Å². The summed E-state index contributed by atoms with van der Waals surface area (Å²) in [4.78, 5) is 11.4. The van der Waals surface area contributed by atoms with Crippen LogP contribution in [-0.2, 0) is 4.79 Å². The van der Waals surface area contributed by atoms with Crippen molar-refractivity contribution in [1.29, 1.82) is 0 Å². The van der Waals surface area contributed by atoms with Crippen LogP contribution in [0, 0.1) is 11.3 Å². The van der Waals surface area contributed by atoms with Crippen molar-refractivity contribution < 1.29 is 4.79 Å². The Kier molecular flexibility index (Phi) is 3.53. The fourth-order valence-corrected chi connectivity index (χ4v) is 1.76. The van der Waals surface area contributed by atoms with Crippen molar-refractivity contribution in [2.45, 2.75) is 46.1 Å². The second-order valence-electron chi connectivity index (χ2n) is 5.64. The summed E-state index contributed by atoms with van der Waals surface area (Å²) in [5, 5.41) is 2.97. The van der Waals surface area contributed by atoms with E-state index in [2.05, 4.69) is 26.1 Å². The molecule has 14 heavy (non-hydrogen) atoms. The molecule has 82 valence electrons. The lowest BCUT2D eigenvalue weighted by molar-refractivity contribution is -0.123. The standard InChI is InChI=1S/C11H22N2O/c1-11(2,3)6-10(14)13-7-8-4-9(12)5-8/h8-9H,4-7,12H2,1-3H3,(H,13,14). The number of hydrogen-bond acceptors (Lipinski definition) is 2. The van der Waals surface area contributed by atoms with Crippen molar-refractivity contribution in [3.05, 3.63) is 0 Å². The van der Waals surface area contributed by atoms with E-state index in [-0.39, 0.29) is 11.3 Å². The first-order chi connectivity index (χ1) is 6.37. The first-order valence-corrected chi connectivity index (χ1v) is 5.39. The van der Waals surface area contributed by atoms with E-state index in [0.717, 1.165) is 19.4 Å². The van der Waals surface area contributed by atoms with E-state index in [1.165, 1.54) is 0 Å². The smallest absolute Gasteiger partial charge is 0.220 e. The van der Waals surface area contributed by atoms with Crippen LogP contribution in [0.3, 0.4) is 0 Å². The van der Waals surface area contributed by atoms with E-state index < -0.39 is 0 Å². The number of hydrogen-bond donors (Lipinski definition) is 2. The van der Waals surface area contributed by atoms with Gasteiger partial charge in [-0.1, -0.05) is 20.8 Å². The van der Waals surface area contributed by atoms with Crippen LogP contribution in [-0.4, -0.2) is 18.5 Å². The molecule has 0 unspecified atom stereocenters. The third-order valence-corrected chi connectivity index (χ3v) is 2.55. The molecule has 0 saturated heterocycles. The highest BCUT2D eigenvalue weighted by Gasteiger charge is 2.26. The maximum atomic E-state index is 11.4. The molecule has 0 bridgehead atoms. The Morgan fingerprint density at radius 2 is 2.00 bits per heavy atom. The predicted octanol–water partition coefficient (Wildman–Crippen LogP) is 1.28. The van der Waals surface area contributed by atoms with Gasteiger partial charge in [-0.2, -0.15) is 0 Å². The fraction of sp³-hybridized carbons (Fsp3) is 0.909. The van der Waals surface area contributed by atoms with E-state index >= 15 is 0 Å². The van der Waals surface area contributed by atoms with Crippen LogP contribution in [0.4, 0.5) is 0 Å². The van der Waals surface area contributed by atoms with Crippen molar-refractivity contribution >= 4 is 5.91 Å². The average Bonchev–Trinajstić information content (AvgIpc) is 1.92. The zero-order chi connectivity index (χ0) is 10.8. The van der Waals surface area contributed by atoms with Gasteiger partial charge in [-0.05, 0) is 24.2 Å². The molecule has 0 spiro atoms. The van der Waals surface area contributed by atoms with Crippen LogP contribution >= 0.6 is 0 Å². The van der Waals surface area contributed by atoms with Gasteiger partial charge in [-0.15, -0.1) is 0 Å². The quantitative estimate of drug-likeness (QED) is 0.717. The Labute approximate surface area is 86.4 Å². The highest BCUT2D eigenvalue weighted by atomic mass is 16.1. The molecule has 0 aromatic carbocycles. The molecule has 1 fully saturated rings. The first-order valence-electron chi connectivity index (χ1n) is 5.39. The van der Waals surface area contributed by atoms with Gasteiger partial charge in [0.25, 0.3) is 0 Å². The largest absolute Gasteiger partial charge is 0.356 e. The van der Waals surface area contributed by atoms with Crippen molar-refractivity contribution in [3.8, 4) is 0 Å². The normalized spacial score (nSPS) is 26.9. The lowest BCUT2D eigenvalue weighted by Crippen LogP contribution is -2.43. The molecule has 1 aliphatic rings. The van der Waals surface area contributed by atoms with Gasteiger partial charge in [0.1, 0.15) is 0 Å². The maximum Gasteiger partial charge on any atom is 0.220 e. The zero-order valence-corrected chi connectivity index (χ0v) is 9.47. The summed E-state index contributed by atoms with van der Waals surface area (Å²) in [5.41, 5.74) is 5.75. The van der Waals surface area contributed by atoms with E-state index in [9.17, 15) is 4.79 Å².